The van der Waals surface area contributed by atoms with Gasteiger partial charge < -0.3 is 4.74 Å². The Hall–Kier alpha value is -3.40. The lowest BCUT2D eigenvalue weighted by Crippen LogP contribution is -2.29. The largest absolute Gasteiger partial charge is 0.453 e. The molecule has 0 radical (unpaired) electrons. The predicted octanol–water partition coefficient (Wildman–Crippen LogP) is 5.59. The van der Waals surface area contributed by atoms with E-state index in [1.54, 1.807) is 24.3 Å². The van der Waals surface area contributed by atoms with Crippen LogP contribution in [0.25, 0.3) is 0 Å². The summed E-state index contributed by atoms with van der Waals surface area (Å²) in [4.78, 5) is 26.1. The van der Waals surface area contributed by atoms with E-state index in [1.165, 1.54) is 30.3 Å². The third-order valence-electron chi connectivity index (χ3n) is 4.56. The lowest BCUT2D eigenvalue weighted by Gasteiger charge is -2.17. The highest BCUT2D eigenvalue weighted by atomic mass is 35.5. The zero-order valence-corrected chi connectivity index (χ0v) is 16.7. The summed E-state index contributed by atoms with van der Waals surface area (Å²) in [6.07, 6.45) is 0. The van der Waals surface area contributed by atoms with Crippen LogP contribution in [0.4, 0.5) is 4.39 Å². The minimum atomic E-state index is -0.822. The van der Waals surface area contributed by atoms with E-state index < -0.39 is 17.6 Å². The SMILES string of the molecule is N#Cc1cc(Cl)cc(Oc2c(Cl)ccc(CN3C(=O)c4ccccc4C3=O)c2F)c1. The Kier molecular flexibility index (Phi) is 5.17. The average molecular weight is 441 g/mol. The first kappa shape index (κ1) is 19.9. The van der Waals surface area contributed by atoms with Gasteiger partial charge in [-0.1, -0.05) is 41.4 Å². The fourth-order valence-corrected chi connectivity index (χ4v) is 3.56. The number of halogens is 3. The molecule has 30 heavy (non-hydrogen) atoms. The summed E-state index contributed by atoms with van der Waals surface area (Å²) in [5.41, 5.74) is 0.829. The van der Waals surface area contributed by atoms with E-state index in [4.69, 9.17) is 33.2 Å². The molecule has 4 rings (SSSR count). The van der Waals surface area contributed by atoms with Crippen molar-refractivity contribution < 1.29 is 18.7 Å². The second-order valence-electron chi connectivity index (χ2n) is 6.48. The average Bonchev–Trinajstić information content (AvgIpc) is 2.97. The lowest BCUT2D eigenvalue weighted by atomic mass is 10.1. The minimum Gasteiger partial charge on any atom is -0.453 e. The van der Waals surface area contributed by atoms with Gasteiger partial charge in [0.15, 0.2) is 11.6 Å². The predicted molar refractivity (Wildman–Crippen MR) is 108 cm³/mol. The van der Waals surface area contributed by atoms with Crippen LogP contribution in [0, 0.1) is 17.1 Å². The molecule has 2 amide bonds. The van der Waals surface area contributed by atoms with Crippen molar-refractivity contribution in [1.82, 2.24) is 4.90 Å². The van der Waals surface area contributed by atoms with Crippen LogP contribution in [0.3, 0.4) is 0 Å². The minimum absolute atomic E-state index is 0.0166. The second-order valence-corrected chi connectivity index (χ2v) is 7.32. The van der Waals surface area contributed by atoms with E-state index >= 15 is 4.39 Å². The van der Waals surface area contributed by atoms with Gasteiger partial charge >= 0.3 is 0 Å². The van der Waals surface area contributed by atoms with Crippen molar-refractivity contribution in [2.24, 2.45) is 0 Å². The molecule has 0 N–H and O–H groups in total. The number of nitrogens with zero attached hydrogens (tertiary/aromatic N) is 2. The number of benzene rings is 3. The van der Waals surface area contributed by atoms with Crippen LogP contribution in [0.5, 0.6) is 11.5 Å². The van der Waals surface area contributed by atoms with E-state index in [9.17, 15) is 9.59 Å². The molecule has 1 aliphatic heterocycles. The van der Waals surface area contributed by atoms with Gasteiger partial charge in [0.2, 0.25) is 0 Å². The number of hydrogen-bond acceptors (Lipinski definition) is 4. The molecule has 0 saturated heterocycles. The molecule has 0 aliphatic carbocycles. The molecule has 0 bridgehead atoms. The summed E-state index contributed by atoms with van der Waals surface area (Å²) in [5.74, 6) is -1.99. The molecule has 1 heterocycles. The topological polar surface area (TPSA) is 70.4 Å². The molecule has 3 aromatic rings. The maximum atomic E-state index is 15.2. The van der Waals surface area contributed by atoms with E-state index in [0.29, 0.717) is 0 Å². The highest BCUT2D eigenvalue weighted by Gasteiger charge is 2.35. The Labute approximate surface area is 180 Å². The van der Waals surface area contributed by atoms with Crippen LogP contribution < -0.4 is 4.74 Å². The summed E-state index contributed by atoms with van der Waals surface area (Å²) in [6.45, 7) is -0.287. The van der Waals surface area contributed by atoms with Gasteiger partial charge in [0.05, 0.1) is 34.3 Å². The number of rotatable bonds is 4. The number of ether oxygens (including phenoxy) is 1. The second kappa shape index (κ2) is 7.79. The quantitative estimate of drug-likeness (QED) is 0.495. The third-order valence-corrected chi connectivity index (χ3v) is 5.07. The van der Waals surface area contributed by atoms with Crippen LogP contribution in [0.2, 0.25) is 10.0 Å². The van der Waals surface area contributed by atoms with Crippen LogP contribution in [-0.2, 0) is 6.54 Å². The third kappa shape index (κ3) is 3.50. The summed E-state index contributed by atoms with van der Waals surface area (Å²) in [7, 11) is 0. The van der Waals surface area contributed by atoms with E-state index in [2.05, 4.69) is 0 Å². The number of hydrogen-bond donors (Lipinski definition) is 0. The molecule has 0 unspecified atom stereocenters. The Morgan fingerprint density at radius 2 is 1.67 bits per heavy atom. The van der Waals surface area contributed by atoms with Crippen LogP contribution in [0.1, 0.15) is 31.8 Å². The fraction of sp³-hybridized carbons (Fsp3) is 0.0455. The molecule has 0 spiro atoms. The molecule has 3 aromatic carbocycles. The smallest absolute Gasteiger partial charge is 0.261 e. The normalized spacial score (nSPS) is 12.7. The van der Waals surface area contributed by atoms with E-state index in [1.807, 2.05) is 6.07 Å². The highest BCUT2D eigenvalue weighted by molar-refractivity contribution is 6.32. The number of imide groups is 1. The molecular formula is C22H11Cl2FN2O3. The van der Waals surface area contributed by atoms with Crippen molar-refractivity contribution >= 4 is 35.0 Å². The molecule has 8 heteroatoms. The van der Waals surface area contributed by atoms with Gasteiger partial charge in [-0.25, -0.2) is 4.39 Å². The van der Waals surface area contributed by atoms with Crippen molar-refractivity contribution in [2.45, 2.75) is 6.54 Å². The first-order valence-electron chi connectivity index (χ1n) is 8.69. The zero-order chi connectivity index (χ0) is 21.4. The van der Waals surface area contributed by atoms with Gasteiger partial charge in [-0.3, -0.25) is 14.5 Å². The van der Waals surface area contributed by atoms with E-state index in [0.717, 1.165) is 4.90 Å². The molecule has 1 aliphatic rings. The summed E-state index contributed by atoms with van der Waals surface area (Å²) in [6, 6.07) is 15.4. The van der Waals surface area contributed by atoms with Gasteiger partial charge in [-0.05, 0) is 36.4 Å². The number of carbonyl (C=O) groups is 2. The Morgan fingerprint density at radius 1 is 1.00 bits per heavy atom. The van der Waals surface area contributed by atoms with Gasteiger partial charge in [-0.2, -0.15) is 5.26 Å². The van der Waals surface area contributed by atoms with Crippen molar-refractivity contribution in [1.29, 1.82) is 5.26 Å². The molecule has 148 valence electrons. The lowest BCUT2D eigenvalue weighted by molar-refractivity contribution is 0.0640. The standard InChI is InChI=1S/C22H11Cl2FN2O3/c23-14-7-12(10-26)8-15(9-14)30-20-18(24)6-5-13(19(20)25)11-27-21(28)16-3-1-2-4-17(16)22(27)29/h1-9H,11H2. The summed E-state index contributed by atoms with van der Waals surface area (Å²) >= 11 is 12.1. The molecule has 0 aromatic heterocycles. The van der Waals surface area contributed by atoms with Crippen LogP contribution in [-0.4, -0.2) is 16.7 Å². The zero-order valence-electron chi connectivity index (χ0n) is 15.2. The monoisotopic (exact) mass is 440 g/mol. The Balaban J connectivity index is 1.66. The van der Waals surface area contributed by atoms with Gasteiger partial charge in [0, 0.05) is 10.6 Å². The van der Waals surface area contributed by atoms with Gasteiger partial charge in [0.25, 0.3) is 11.8 Å². The van der Waals surface area contributed by atoms with Gasteiger partial charge in [-0.15, -0.1) is 0 Å². The molecule has 5 nitrogen and oxygen atoms in total. The number of amides is 2. The van der Waals surface area contributed by atoms with Crippen molar-refractivity contribution in [3.63, 3.8) is 0 Å². The number of nitriles is 1. The fourth-order valence-electron chi connectivity index (χ4n) is 3.15. The van der Waals surface area contributed by atoms with Crippen LogP contribution in [0.15, 0.2) is 54.6 Å². The van der Waals surface area contributed by atoms with Crippen LogP contribution >= 0.6 is 23.2 Å². The first-order chi connectivity index (χ1) is 14.4. The Morgan fingerprint density at radius 3 is 2.30 bits per heavy atom. The van der Waals surface area contributed by atoms with Crippen molar-refractivity contribution in [3.8, 4) is 17.6 Å². The molecule has 0 atom stereocenters. The van der Waals surface area contributed by atoms with Crippen molar-refractivity contribution in [3.05, 3.63) is 92.7 Å². The number of carbonyl (C=O) groups excluding carboxylic acids is 2. The highest BCUT2D eigenvalue weighted by Crippen LogP contribution is 2.36. The first-order valence-corrected chi connectivity index (χ1v) is 9.45. The molecule has 0 saturated carbocycles. The van der Waals surface area contributed by atoms with Crippen molar-refractivity contribution in [2.75, 3.05) is 0 Å². The maximum absolute atomic E-state index is 15.2. The van der Waals surface area contributed by atoms with Gasteiger partial charge in [0.1, 0.15) is 5.75 Å². The maximum Gasteiger partial charge on any atom is 0.261 e. The summed E-state index contributed by atoms with van der Waals surface area (Å²) < 4.78 is 20.7. The Bertz CT molecular complexity index is 1220. The molecular weight excluding hydrogens is 430 g/mol. The van der Waals surface area contributed by atoms with E-state index in [-0.39, 0.29) is 50.3 Å². The number of fused-ring (bicyclic) bond motifs is 1. The molecule has 0 fully saturated rings. The summed E-state index contributed by atoms with van der Waals surface area (Å²) in [5, 5.41) is 9.28.